The van der Waals surface area contributed by atoms with Gasteiger partial charge in [0, 0.05) is 22.4 Å². The van der Waals surface area contributed by atoms with Crippen LogP contribution in [0.3, 0.4) is 0 Å². The molecule has 0 radical (unpaired) electrons. The molecule has 3 aromatic rings. The lowest BCUT2D eigenvalue weighted by Crippen LogP contribution is -2.30. The van der Waals surface area contributed by atoms with Crippen molar-refractivity contribution in [3.63, 3.8) is 0 Å². The molecule has 3 rings (SSSR count). The third-order valence-electron chi connectivity index (χ3n) is 3.79. The number of halogens is 1. The Balaban J connectivity index is 2.01. The second-order valence-electron chi connectivity index (χ2n) is 5.75. The van der Waals surface area contributed by atoms with Crippen molar-refractivity contribution in [1.29, 1.82) is 0 Å². The summed E-state index contributed by atoms with van der Waals surface area (Å²) in [5.74, 6) is -0.744. The molecule has 0 bridgehead atoms. The number of sulfone groups is 1. The lowest BCUT2D eigenvalue weighted by atomic mass is 10.1. The molecule has 0 N–H and O–H groups in total. The third-order valence-corrected chi connectivity index (χ3v) is 5.76. The first-order valence-corrected chi connectivity index (χ1v) is 10.5. The van der Waals surface area contributed by atoms with E-state index in [1.165, 1.54) is 58.7 Å². The Labute approximate surface area is 155 Å². The van der Waals surface area contributed by atoms with Crippen LogP contribution in [-0.2, 0) is 16.4 Å². The van der Waals surface area contributed by atoms with E-state index in [0.29, 0.717) is 12.2 Å². The summed E-state index contributed by atoms with van der Waals surface area (Å²) in [5, 5.41) is 1.91. The number of rotatable bonds is 5. The zero-order chi connectivity index (χ0) is 18.7. The standard InChI is InChI=1S/C19H16FNO3S2/c1-26(23,24)18-6-2-4-14(12-18)19(22)21(13-17-5-3-11-25-17)16-9-7-15(20)8-10-16/h2-12H,13H2,1H3. The summed E-state index contributed by atoms with van der Waals surface area (Å²) in [6, 6.07) is 15.4. The van der Waals surface area contributed by atoms with Crippen molar-refractivity contribution in [3.05, 3.63) is 82.3 Å². The van der Waals surface area contributed by atoms with Gasteiger partial charge in [-0.2, -0.15) is 0 Å². The largest absolute Gasteiger partial charge is 0.303 e. The number of carbonyl (C=O) groups excluding carboxylic acids is 1. The Morgan fingerprint density at radius 2 is 1.81 bits per heavy atom. The van der Waals surface area contributed by atoms with Gasteiger partial charge in [-0.1, -0.05) is 12.1 Å². The molecule has 0 aliphatic carbocycles. The summed E-state index contributed by atoms with van der Waals surface area (Å²) in [6.07, 6.45) is 1.10. The van der Waals surface area contributed by atoms with Crippen LogP contribution in [0.25, 0.3) is 0 Å². The van der Waals surface area contributed by atoms with Crippen molar-refractivity contribution in [2.45, 2.75) is 11.4 Å². The molecule has 0 aliphatic rings. The predicted octanol–water partition coefficient (Wildman–Crippen LogP) is 4.14. The molecule has 0 unspecified atom stereocenters. The van der Waals surface area contributed by atoms with Crippen LogP contribution in [0.5, 0.6) is 0 Å². The fourth-order valence-electron chi connectivity index (χ4n) is 2.48. The van der Waals surface area contributed by atoms with Gasteiger partial charge in [-0.15, -0.1) is 11.3 Å². The van der Waals surface area contributed by atoms with E-state index in [-0.39, 0.29) is 16.4 Å². The maximum absolute atomic E-state index is 13.3. The molecule has 0 saturated carbocycles. The molecule has 134 valence electrons. The number of benzene rings is 2. The highest BCUT2D eigenvalue weighted by molar-refractivity contribution is 7.90. The van der Waals surface area contributed by atoms with Crippen molar-refractivity contribution in [2.24, 2.45) is 0 Å². The first-order chi connectivity index (χ1) is 12.3. The fourth-order valence-corrected chi connectivity index (χ4v) is 3.83. The van der Waals surface area contributed by atoms with Crippen molar-refractivity contribution in [2.75, 3.05) is 11.2 Å². The quantitative estimate of drug-likeness (QED) is 0.659. The van der Waals surface area contributed by atoms with E-state index in [4.69, 9.17) is 0 Å². The van der Waals surface area contributed by atoms with Gasteiger partial charge >= 0.3 is 0 Å². The zero-order valence-corrected chi connectivity index (χ0v) is 15.6. The topological polar surface area (TPSA) is 54.5 Å². The molecular formula is C19H16FNO3S2. The maximum Gasteiger partial charge on any atom is 0.258 e. The second-order valence-corrected chi connectivity index (χ2v) is 8.80. The number of amides is 1. The summed E-state index contributed by atoms with van der Waals surface area (Å²) in [5.41, 5.74) is 0.795. The normalized spacial score (nSPS) is 11.3. The van der Waals surface area contributed by atoms with Gasteiger partial charge in [0.15, 0.2) is 9.84 Å². The van der Waals surface area contributed by atoms with E-state index in [1.54, 1.807) is 6.07 Å². The second kappa shape index (κ2) is 7.39. The monoisotopic (exact) mass is 389 g/mol. The molecule has 0 aliphatic heterocycles. The smallest absolute Gasteiger partial charge is 0.258 e. The molecule has 7 heteroatoms. The van der Waals surface area contributed by atoms with Crippen LogP contribution in [-0.4, -0.2) is 20.6 Å². The number of hydrogen-bond acceptors (Lipinski definition) is 4. The van der Waals surface area contributed by atoms with E-state index in [1.807, 2.05) is 17.5 Å². The third kappa shape index (κ3) is 4.17. The highest BCUT2D eigenvalue weighted by Crippen LogP contribution is 2.23. The molecule has 0 fully saturated rings. The van der Waals surface area contributed by atoms with Gasteiger partial charge in [-0.3, -0.25) is 4.79 Å². The molecule has 0 spiro atoms. The Hall–Kier alpha value is -2.51. The Morgan fingerprint density at radius 3 is 2.42 bits per heavy atom. The van der Waals surface area contributed by atoms with Gasteiger partial charge in [0.25, 0.3) is 5.91 Å². The minimum Gasteiger partial charge on any atom is -0.303 e. The Kier molecular flexibility index (Phi) is 5.20. The Morgan fingerprint density at radius 1 is 1.08 bits per heavy atom. The lowest BCUT2D eigenvalue weighted by molar-refractivity contribution is 0.0985. The number of anilines is 1. The molecule has 0 saturated heterocycles. The molecule has 2 aromatic carbocycles. The average Bonchev–Trinajstić information content (AvgIpc) is 3.13. The van der Waals surface area contributed by atoms with Gasteiger partial charge < -0.3 is 4.90 Å². The first kappa shape index (κ1) is 18.3. The minimum absolute atomic E-state index is 0.0820. The number of hydrogen-bond donors (Lipinski definition) is 0. The number of carbonyl (C=O) groups is 1. The first-order valence-electron chi connectivity index (χ1n) is 7.74. The maximum atomic E-state index is 13.3. The van der Waals surface area contributed by atoms with Gasteiger partial charge in [0.05, 0.1) is 11.4 Å². The van der Waals surface area contributed by atoms with E-state index in [9.17, 15) is 17.6 Å². The van der Waals surface area contributed by atoms with Crippen LogP contribution in [0.4, 0.5) is 10.1 Å². The van der Waals surface area contributed by atoms with Gasteiger partial charge in [-0.25, -0.2) is 12.8 Å². The summed E-state index contributed by atoms with van der Waals surface area (Å²) in [6.45, 7) is 0.311. The molecule has 4 nitrogen and oxygen atoms in total. The molecule has 1 amide bonds. The molecule has 1 heterocycles. The average molecular weight is 389 g/mol. The van der Waals surface area contributed by atoms with Crippen molar-refractivity contribution < 1.29 is 17.6 Å². The van der Waals surface area contributed by atoms with Crippen LogP contribution >= 0.6 is 11.3 Å². The van der Waals surface area contributed by atoms with E-state index in [2.05, 4.69) is 0 Å². The van der Waals surface area contributed by atoms with Crippen LogP contribution < -0.4 is 4.90 Å². The summed E-state index contributed by atoms with van der Waals surface area (Å²) >= 11 is 1.51. The summed E-state index contributed by atoms with van der Waals surface area (Å²) in [7, 11) is -3.42. The highest BCUT2D eigenvalue weighted by atomic mass is 32.2. The summed E-state index contributed by atoms with van der Waals surface area (Å²) in [4.78, 5) is 15.6. The van der Waals surface area contributed by atoms with E-state index in [0.717, 1.165) is 11.1 Å². The minimum atomic E-state index is -3.42. The van der Waals surface area contributed by atoms with E-state index < -0.39 is 15.7 Å². The summed E-state index contributed by atoms with van der Waals surface area (Å²) < 4.78 is 36.8. The lowest BCUT2D eigenvalue weighted by Gasteiger charge is -2.22. The van der Waals surface area contributed by atoms with Crippen LogP contribution in [0.2, 0.25) is 0 Å². The van der Waals surface area contributed by atoms with Crippen LogP contribution in [0.1, 0.15) is 15.2 Å². The van der Waals surface area contributed by atoms with Gasteiger partial charge in [0.2, 0.25) is 0 Å². The Bertz CT molecular complexity index is 1010. The molecule has 26 heavy (non-hydrogen) atoms. The van der Waals surface area contributed by atoms with Crippen molar-refractivity contribution >= 4 is 32.8 Å². The SMILES string of the molecule is CS(=O)(=O)c1cccc(C(=O)N(Cc2cccs2)c2ccc(F)cc2)c1. The van der Waals surface area contributed by atoms with Gasteiger partial charge in [0.1, 0.15) is 5.82 Å². The zero-order valence-electron chi connectivity index (χ0n) is 13.9. The van der Waals surface area contributed by atoms with Crippen LogP contribution in [0, 0.1) is 5.82 Å². The van der Waals surface area contributed by atoms with Crippen molar-refractivity contribution in [3.8, 4) is 0 Å². The molecular weight excluding hydrogens is 373 g/mol. The highest BCUT2D eigenvalue weighted by Gasteiger charge is 2.20. The molecule has 1 aromatic heterocycles. The van der Waals surface area contributed by atoms with E-state index >= 15 is 0 Å². The van der Waals surface area contributed by atoms with Gasteiger partial charge in [-0.05, 0) is 53.9 Å². The molecule has 0 atom stereocenters. The van der Waals surface area contributed by atoms with Crippen molar-refractivity contribution in [1.82, 2.24) is 0 Å². The predicted molar refractivity (Wildman–Crippen MR) is 101 cm³/mol. The van der Waals surface area contributed by atoms with Crippen LogP contribution in [0.15, 0.2) is 70.9 Å². The number of nitrogens with zero attached hydrogens (tertiary/aromatic N) is 1. The number of thiophene rings is 1. The fraction of sp³-hybridized carbons (Fsp3) is 0.105.